The van der Waals surface area contributed by atoms with Gasteiger partial charge in [0.15, 0.2) is 0 Å². The summed E-state index contributed by atoms with van der Waals surface area (Å²) in [6.45, 7) is 0.815. The van der Waals surface area contributed by atoms with Crippen LogP contribution in [0.3, 0.4) is 0 Å². The van der Waals surface area contributed by atoms with E-state index in [1.54, 1.807) is 11.3 Å². The van der Waals surface area contributed by atoms with E-state index in [-0.39, 0.29) is 11.9 Å². The molecule has 0 spiro atoms. The smallest absolute Gasteiger partial charge is 0.254 e. The predicted octanol–water partition coefficient (Wildman–Crippen LogP) is 3.58. The minimum atomic E-state index is 0.114. The number of thiazole rings is 1. The molecule has 1 aromatic heterocycles. The van der Waals surface area contributed by atoms with Crippen molar-refractivity contribution in [2.45, 2.75) is 25.3 Å². The van der Waals surface area contributed by atoms with Gasteiger partial charge in [0.05, 0.1) is 6.04 Å². The predicted molar refractivity (Wildman–Crippen MR) is 90.5 cm³/mol. The van der Waals surface area contributed by atoms with E-state index in [2.05, 4.69) is 4.98 Å². The molecule has 116 valence electrons. The van der Waals surface area contributed by atoms with E-state index in [0.717, 1.165) is 42.1 Å². The maximum atomic E-state index is 13.0. The van der Waals surface area contributed by atoms with Crippen molar-refractivity contribution in [3.8, 4) is 0 Å². The molecular weight excluding hydrogens is 294 g/mol. The molecule has 3 rings (SSSR count). The van der Waals surface area contributed by atoms with Crippen molar-refractivity contribution in [1.29, 1.82) is 0 Å². The molecule has 4 nitrogen and oxygen atoms in total. The molecule has 22 heavy (non-hydrogen) atoms. The summed E-state index contributed by atoms with van der Waals surface area (Å²) in [5.74, 6) is 0.114. The van der Waals surface area contributed by atoms with E-state index in [4.69, 9.17) is 0 Å². The van der Waals surface area contributed by atoms with Crippen LogP contribution in [0.15, 0.2) is 35.8 Å². The number of hydrogen-bond acceptors (Lipinski definition) is 4. The maximum Gasteiger partial charge on any atom is 0.254 e. The number of carbonyl (C=O) groups excluding carboxylic acids is 1. The summed E-state index contributed by atoms with van der Waals surface area (Å²) in [7, 11) is 3.98. The van der Waals surface area contributed by atoms with Crippen molar-refractivity contribution in [3.05, 3.63) is 46.4 Å². The lowest BCUT2D eigenvalue weighted by Crippen LogP contribution is -2.38. The van der Waals surface area contributed by atoms with Crippen molar-refractivity contribution in [2.75, 3.05) is 25.5 Å². The zero-order valence-corrected chi connectivity index (χ0v) is 13.8. The third kappa shape index (κ3) is 2.99. The molecule has 0 saturated carbocycles. The first-order valence-electron chi connectivity index (χ1n) is 7.64. The Morgan fingerprint density at radius 1 is 1.36 bits per heavy atom. The average molecular weight is 315 g/mol. The molecule has 2 aromatic rings. The quantitative estimate of drug-likeness (QED) is 0.868. The first-order chi connectivity index (χ1) is 10.7. The van der Waals surface area contributed by atoms with Crippen LogP contribution >= 0.6 is 11.3 Å². The van der Waals surface area contributed by atoms with Gasteiger partial charge in [-0.2, -0.15) is 0 Å². The molecule has 1 aliphatic rings. The Morgan fingerprint density at radius 3 is 2.95 bits per heavy atom. The van der Waals surface area contributed by atoms with Gasteiger partial charge in [0.2, 0.25) is 0 Å². The second kappa shape index (κ2) is 6.48. The summed E-state index contributed by atoms with van der Waals surface area (Å²) in [4.78, 5) is 21.4. The van der Waals surface area contributed by atoms with Gasteiger partial charge in [-0.1, -0.05) is 6.07 Å². The minimum absolute atomic E-state index is 0.114. The van der Waals surface area contributed by atoms with Crippen LogP contribution < -0.4 is 4.90 Å². The third-order valence-electron chi connectivity index (χ3n) is 4.11. The first-order valence-corrected chi connectivity index (χ1v) is 8.52. The Balaban J connectivity index is 1.87. The number of anilines is 1. The van der Waals surface area contributed by atoms with Gasteiger partial charge >= 0.3 is 0 Å². The van der Waals surface area contributed by atoms with E-state index in [1.807, 2.05) is 59.7 Å². The molecule has 1 atom stereocenters. The zero-order chi connectivity index (χ0) is 15.5. The summed E-state index contributed by atoms with van der Waals surface area (Å²) in [5.41, 5.74) is 1.81. The fraction of sp³-hybridized carbons (Fsp3) is 0.412. The van der Waals surface area contributed by atoms with Gasteiger partial charge < -0.3 is 9.80 Å². The molecule has 1 aromatic carbocycles. The molecule has 0 radical (unpaired) electrons. The lowest BCUT2D eigenvalue weighted by molar-refractivity contribution is 0.0611. The second-order valence-electron chi connectivity index (χ2n) is 5.83. The van der Waals surface area contributed by atoms with E-state index in [1.165, 1.54) is 0 Å². The molecule has 1 amide bonds. The fourth-order valence-electron chi connectivity index (χ4n) is 2.91. The molecule has 0 N–H and O–H groups in total. The van der Waals surface area contributed by atoms with Gasteiger partial charge in [-0.25, -0.2) is 4.98 Å². The van der Waals surface area contributed by atoms with Crippen LogP contribution in [0, 0.1) is 0 Å². The SMILES string of the molecule is CN(C)c1cccc(C(=O)N2CCCC[C@@H]2c2nccs2)c1. The standard InChI is InChI=1S/C17H21N3OS/c1-19(2)14-7-5-6-13(12-14)17(21)20-10-4-3-8-15(20)16-18-9-11-22-16/h5-7,9,11-12,15H,3-4,8,10H2,1-2H3/t15-/m1/s1. The van der Waals surface area contributed by atoms with E-state index >= 15 is 0 Å². The van der Waals surface area contributed by atoms with Gasteiger partial charge in [-0.3, -0.25) is 4.79 Å². The molecule has 1 aliphatic heterocycles. The van der Waals surface area contributed by atoms with Crippen molar-refractivity contribution in [3.63, 3.8) is 0 Å². The summed E-state index contributed by atoms with van der Waals surface area (Å²) < 4.78 is 0. The lowest BCUT2D eigenvalue weighted by Gasteiger charge is -2.34. The van der Waals surface area contributed by atoms with E-state index in [0.29, 0.717) is 0 Å². The van der Waals surface area contributed by atoms with Crippen molar-refractivity contribution >= 4 is 22.9 Å². The summed E-state index contributed by atoms with van der Waals surface area (Å²) in [6, 6.07) is 7.97. The third-order valence-corrected chi connectivity index (χ3v) is 4.99. The average Bonchev–Trinajstić information content (AvgIpc) is 3.08. The molecular formula is C17H21N3OS. The molecule has 1 fully saturated rings. The number of rotatable bonds is 3. The number of nitrogens with zero attached hydrogens (tertiary/aromatic N) is 3. The minimum Gasteiger partial charge on any atom is -0.378 e. The molecule has 1 saturated heterocycles. The molecule has 0 bridgehead atoms. The van der Waals surface area contributed by atoms with Crippen LogP contribution in [0.4, 0.5) is 5.69 Å². The molecule has 2 heterocycles. The molecule has 0 unspecified atom stereocenters. The van der Waals surface area contributed by atoms with Crippen molar-refractivity contribution < 1.29 is 4.79 Å². The number of likely N-dealkylation sites (tertiary alicyclic amines) is 1. The topological polar surface area (TPSA) is 36.4 Å². The monoisotopic (exact) mass is 315 g/mol. The van der Waals surface area contributed by atoms with Gasteiger partial charge in [-0.05, 0) is 37.5 Å². The highest BCUT2D eigenvalue weighted by Crippen LogP contribution is 2.33. The van der Waals surface area contributed by atoms with Crippen LogP contribution in [0.5, 0.6) is 0 Å². The highest BCUT2D eigenvalue weighted by molar-refractivity contribution is 7.09. The summed E-state index contributed by atoms with van der Waals surface area (Å²) in [6.07, 6.45) is 5.06. The molecule has 0 aliphatic carbocycles. The summed E-state index contributed by atoms with van der Waals surface area (Å²) in [5, 5.41) is 3.04. The van der Waals surface area contributed by atoms with Crippen LogP contribution in [0.25, 0.3) is 0 Å². The second-order valence-corrected chi connectivity index (χ2v) is 6.75. The lowest BCUT2D eigenvalue weighted by atomic mass is 10.0. The number of benzene rings is 1. The van der Waals surface area contributed by atoms with Crippen molar-refractivity contribution in [1.82, 2.24) is 9.88 Å². The van der Waals surface area contributed by atoms with Crippen LogP contribution in [-0.4, -0.2) is 36.4 Å². The summed E-state index contributed by atoms with van der Waals surface area (Å²) >= 11 is 1.64. The van der Waals surface area contributed by atoms with Gasteiger partial charge in [0, 0.05) is 43.5 Å². The fourth-order valence-corrected chi connectivity index (χ4v) is 3.70. The molecule has 5 heteroatoms. The Morgan fingerprint density at radius 2 is 2.23 bits per heavy atom. The number of aromatic nitrogens is 1. The highest BCUT2D eigenvalue weighted by Gasteiger charge is 2.30. The maximum absolute atomic E-state index is 13.0. The number of piperidine rings is 1. The Hall–Kier alpha value is -1.88. The van der Waals surface area contributed by atoms with Gasteiger partial charge in [0.1, 0.15) is 5.01 Å². The van der Waals surface area contributed by atoms with Crippen LogP contribution in [0.1, 0.15) is 40.7 Å². The van der Waals surface area contributed by atoms with Crippen LogP contribution in [0.2, 0.25) is 0 Å². The Kier molecular flexibility index (Phi) is 4.43. The van der Waals surface area contributed by atoms with E-state index < -0.39 is 0 Å². The van der Waals surface area contributed by atoms with Gasteiger partial charge in [0.25, 0.3) is 5.91 Å². The first kappa shape index (κ1) is 15.0. The largest absolute Gasteiger partial charge is 0.378 e. The Bertz CT molecular complexity index is 639. The highest BCUT2D eigenvalue weighted by atomic mass is 32.1. The normalized spacial score (nSPS) is 18.3. The van der Waals surface area contributed by atoms with Crippen LogP contribution in [-0.2, 0) is 0 Å². The van der Waals surface area contributed by atoms with E-state index in [9.17, 15) is 4.79 Å². The Labute approximate surface area is 135 Å². The zero-order valence-electron chi connectivity index (χ0n) is 13.0. The van der Waals surface area contributed by atoms with Gasteiger partial charge in [-0.15, -0.1) is 11.3 Å². The number of carbonyl (C=O) groups is 1. The number of hydrogen-bond donors (Lipinski definition) is 0. The number of amides is 1. The van der Waals surface area contributed by atoms with Crippen molar-refractivity contribution in [2.24, 2.45) is 0 Å².